The first-order valence-corrected chi connectivity index (χ1v) is 6.10. The zero-order valence-electron chi connectivity index (χ0n) is 10.3. The zero-order chi connectivity index (χ0) is 14.5. The Hall–Kier alpha value is -2.46. The van der Waals surface area contributed by atoms with Crippen LogP contribution in [0, 0.1) is 0 Å². The van der Waals surface area contributed by atoms with Crippen LogP contribution in [0.3, 0.4) is 0 Å². The number of carboxylic acids is 1. The lowest BCUT2D eigenvalue weighted by Gasteiger charge is -2.09. The Balaban J connectivity index is 2.34. The quantitative estimate of drug-likeness (QED) is 0.837. The van der Waals surface area contributed by atoms with Crippen LogP contribution in [-0.2, 0) is 4.79 Å². The molecular weight excluding hydrogens is 280 g/mol. The van der Waals surface area contributed by atoms with Gasteiger partial charge in [0.25, 0.3) is 0 Å². The Morgan fingerprint density at radius 1 is 1.20 bits per heavy atom. The summed E-state index contributed by atoms with van der Waals surface area (Å²) in [5.41, 5.74) is 0.533. The van der Waals surface area contributed by atoms with Crippen LogP contribution in [0.2, 0.25) is 5.02 Å². The predicted molar refractivity (Wildman–Crippen MR) is 76.3 cm³/mol. The molecule has 0 aromatic heterocycles. The van der Waals surface area contributed by atoms with Crippen LogP contribution in [0.4, 0.5) is 0 Å². The number of phenols is 1. The summed E-state index contributed by atoms with van der Waals surface area (Å²) in [4.78, 5) is 10.6. The van der Waals surface area contributed by atoms with Gasteiger partial charge in [-0.1, -0.05) is 17.7 Å². The minimum Gasteiger partial charge on any atom is -0.508 e. The molecule has 4 nitrogen and oxygen atoms in total. The van der Waals surface area contributed by atoms with E-state index in [1.54, 1.807) is 30.3 Å². The van der Waals surface area contributed by atoms with E-state index in [4.69, 9.17) is 21.4 Å². The molecule has 0 aliphatic carbocycles. The molecule has 0 aliphatic heterocycles. The van der Waals surface area contributed by atoms with Gasteiger partial charge in [-0.05, 0) is 36.4 Å². The molecule has 20 heavy (non-hydrogen) atoms. The third-order valence-corrected chi connectivity index (χ3v) is 2.66. The fraction of sp³-hybridized carbons (Fsp3) is 0. The van der Waals surface area contributed by atoms with E-state index in [1.165, 1.54) is 18.2 Å². The summed E-state index contributed by atoms with van der Waals surface area (Å²) >= 11 is 5.86. The topological polar surface area (TPSA) is 66.8 Å². The largest absolute Gasteiger partial charge is 0.508 e. The number of benzene rings is 2. The maximum absolute atomic E-state index is 10.6. The van der Waals surface area contributed by atoms with Gasteiger partial charge >= 0.3 is 5.97 Å². The number of aromatic hydroxyl groups is 1. The summed E-state index contributed by atoms with van der Waals surface area (Å²) in [7, 11) is 0. The van der Waals surface area contributed by atoms with E-state index in [9.17, 15) is 9.90 Å². The molecule has 5 heteroatoms. The highest BCUT2D eigenvalue weighted by atomic mass is 35.5. The van der Waals surface area contributed by atoms with Crippen LogP contribution >= 0.6 is 11.6 Å². The summed E-state index contributed by atoms with van der Waals surface area (Å²) in [6.45, 7) is 0. The lowest BCUT2D eigenvalue weighted by Crippen LogP contribution is -1.89. The summed E-state index contributed by atoms with van der Waals surface area (Å²) in [5, 5.41) is 18.7. The van der Waals surface area contributed by atoms with Gasteiger partial charge in [-0.3, -0.25) is 0 Å². The van der Waals surface area contributed by atoms with E-state index in [-0.39, 0.29) is 5.75 Å². The van der Waals surface area contributed by atoms with Gasteiger partial charge < -0.3 is 14.9 Å². The average Bonchev–Trinajstić information content (AvgIpc) is 2.37. The van der Waals surface area contributed by atoms with Gasteiger partial charge in [0.1, 0.15) is 17.2 Å². The van der Waals surface area contributed by atoms with Crippen molar-refractivity contribution in [1.29, 1.82) is 0 Å². The van der Waals surface area contributed by atoms with Crippen LogP contribution in [0.15, 0.2) is 48.5 Å². The fourth-order valence-corrected chi connectivity index (χ4v) is 1.75. The molecule has 0 heterocycles. The first-order valence-electron chi connectivity index (χ1n) is 5.72. The Kier molecular flexibility index (Phi) is 4.27. The molecule has 0 spiro atoms. The minimum absolute atomic E-state index is 0.0227. The molecule has 2 aromatic carbocycles. The van der Waals surface area contributed by atoms with Crippen molar-refractivity contribution < 1.29 is 19.7 Å². The molecule has 2 N–H and O–H groups in total. The molecule has 0 radical (unpaired) electrons. The van der Waals surface area contributed by atoms with E-state index in [2.05, 4.69) is 0 Å². The van der Waals surface area contributed by atoms with Crippen molar-refractivity contribution in [3.8, 4) is 17.2 Å². The van der Waals surface area contributed by atoms with Gasteiger partial charge in [0.15, 0.2) is 0 Å². The van der Waals surface area contributed by atoms with Crippen LogP contribution in [0.25, 0.3) is 6.08 Å². The third kappa shape index (κ3) is 3.76. The summed E-state index contributed by atoms with van der Waals surface area (Å²) in [6.07, 6.45) is 2.39. The number of ether oxygens (including phenoxy) is 1. The molecule has 102 valence electrons. The molecule has 0 bridgehead atoms. The van der Waals surface area contributed by atoms with Crippen molar-refractivity contribution in [1.82, 2.24) is 0 Å². The highest BCUT2D eigenvalue weighted by Crippen LogP contribution is 2.30. The first kappa shape index (κ1) is 14.0. The normalized spacial score (nSPS) is 10.7. The van der Waals surface area contributed by atoms with E-state index in [0.29, 0.717) is 22.1 Å². The number of rotatable bonds is 4. The molecule has 0 unspecified atom stereocenters. The second-order valence-electron chi connectivity index (χ2n) is 3.95. The summed E-state index contributed by atoms with van der Waals surface area (Å²) in [5.74, 6) is -0.209. The molecule has 0 amide bonds. The van der Waals surface area contributed by atoms with E-state index < -0.39 is 5.97 Å². The van der Waals surface area contributed by atoms with Crippen LogP contribution in [-0.4, -0.2) is 16.2 Å². The van der Waals surface area contributed by atoms with E-state index >= 15 is 0 Å². The molecule has 0 aliphatic rings. The monoisotopic (exact) mass is 290 g/mol. The van der Waals surface area contributed by atoms with Gasteiger partial charge in [0.2, 0.25) is 0 Å². The van der Waals surface area contributed by atoms with Gasteiger partial charge in [-0.15, -0.1) is 0 Å². The van der Waals surface area contributed by atoms with Crippen molar-refractivity contribution in [3.05, 3.63) is 59.1 Å². The molecule has 0 atom stereocenters. The Bertz CT molecular complexity index is 665. The average molecular weight is 291 g/mol. The molecule has 0 saturated heterocycles. The van der Waals surface area contributed by atoms with Crippen molar-refractivity contribution in [3.63, 3.8) is 0 Å². The Morgan fingerprint density at radius 2 is 2.00 bits per heavy atom. The summed E-state index contributed by atoms with van der Waals surface area (Å²) < 4.78 is 5.61. The zero-order valence-corrected chi connectivity index (χ0v) is 11.0. The lowest BCUT2D eigenvalue weighted by atomic mass is 10.1. The van der Waals surface area contributed by atoms with Gasteiger partial charge in [-0.25, -0.2) is 4.79 Å². The van der Waals surface area contributed by atoms with E-state index in [0.717, 1.165) is 6.08 Å². The molecule has 2 rings (SSSR count). The SMILES string of the molecule is O=C(O)/C=C/c1ccc(O)cc1Oc1cccc(Cl)c1. The van der Waals surface area contributed by atoms with Crippen LogP contribution < -0.4 is 4.74 Å². The molecule has 0 saturated carbocycles. The fourth-order valence-electron chi connectivity index (χ4n) is 1.57. The Labute approximate surface area is 120 Å². The third-order valence-electron chi connectivity index (χ3n) is 2.43. The number of phenolic OH excluding ortho intramolecular Hbond substituents is 1. The summed E-state index contributed by atoms with van der Waals surface area (Å²) in [6, 6.07) is 11.2. The number of carbonyl (C=O) groups is 1. The lowest BCUT2D eigenvalue weighted by molar-refractivity contribution is -0.131. The smallest absolute Gasteiger partial charge is 0.328 e. The van der Waals surface area contributed by atoms with Crippen molar-refractivity contribution >= 4 is 23.6 Å². The number of hydrogen-bond acceptors (Lipinski definition) is 3. The van der Waals surface area contributed by atoms with Crippen molar-refractivity contribution in [2.45, 2.75) is 0 Å². The Morgan fingerprint density at radius 3 is 2.70 bits per heavy atom. The second-order valence-corrected chi connectivity index (χ2v) is 4.39. The maximum Gasteiger partial charge on any atom is 0.328 e. The number of halogens is 1. The van der Waals surface area contributed by atoms with Gasteiger partial charge in [-0.2, -0.15) is 0 Å². The van der Waals surface area contributed by atoms with Gasteiger partial charge in [0.05, 0.1) is 0 Å². The van der Waals surface area contributed by atoms with Gasteiger partial charge in [0, 0.05) is 22.7 Å². The highest BCUT2D eigenvalue weighted by Gasteiger charge is 2.05. The number of hydrogen-bond donors (Lipinski definition) is 2. The second kappa shape index (κ2) is 6.12. The maximum atomic E-state index is 10.6. The van der Waals surface area contributed by atoms with Crippen LogP contribution in [0.5, 0.6) is 17.2 Å². The van der Waals surface area contributed by atoms with Crippen LogP contribution in [0.1, 0.15) is 5.56 Å². The van der Waals surface area contributed by atoms with Crippen molar-refractivity contribution in [2.75, 3.05) is 0 Å². The molecular formula is C15H11ClO4. The predicted octanol–water partition coefficient (Wildman–Crippen LogP) is 3.94. The number of carboxylic acid groups (broad SMARTS) is 1. The van der Waals surface area contributed by atoms with E-state index in [1.807, 2.05) is 0 Å². The molecule has 2 aromatic rings. The van der Waals surface area contributed by atoms with Crippen molar-refractivity contribution in [2.24, 2.45) is 0 Å². The standard InChI is InChI=1S/C15H11ClO4/c16-11-2-1-3-13(8-11)20-14-9-12(17)6-4-10(14)5-7-15(18)19/h1-9,17H,(H,18,19)/b7-5+. The number of aliphatic carboxylic acids is 1. The minimum atomic E-state index is -1.06. The highest BCUT2D eigenvalue weighted by molar-refractivity contribution is 6.30. The first-order chi connectivity index (χ1) is 9.54. The molecule has 0 fully saturated rings.